The molecule has 34 heavy (non-hydrogen) atoms. The van der Waals surface area contributed by atoms with Crippen LogP contribution >= 0.6 is 0 Å². The summed E-state index contributed by atoms with van der Waals surface area (Å²) in [4.78, 5) is 4.22. The average Bonchev–Trinajstić information content (AvgIpc) is 3.20. The van der Waals surface area contributed by atoms with Crippen molar-refractivity contribution >= 4 is 0 Å². The molecule has 2 fully saturated rings. The Bertz CT molecular complexity index is 1190. The fourth-order valence-electron chi connectivity index (χ4n) is 4.17. The van der Waals surface area contributed by atoms with Crippen LogP contribution in [0.5, 0.6) is 5.75 Å². The quantitative estimate of drug-likeness (QED) is 0.490. The maximum Gasteiger partial charge on any atom is 0.150 e. The molecule has 2 aliphatic rings. The van der Waals surface area contributed by atoms with Gasteiger partial charge in [-0.1, -0.05) is 36.1 Å². The minimum absolute atomic E-state index is 0.308. The zero-order valence-electron chi connectivity index (χ0n) is 19.0. The summed E-state index contributed by atoms with van der Waals surface area (Å²) in [6.07, 6.45) is 3.06. The van der Waals surface area contributed by atoms with Crippen molar-refractivity contribution in [2.24, 2.45) is 0 Å². The van der Waals surface area contributed by atoms with E-state index in [0.29, 0.717) is 37.6 Å². The maximum atomic E-state index is 10.8. The second-order valence-electron chi connectivity index (χ2n) is 9.01. The summed E-state index contributed by atoms with van der Waals surface area (Å²) in [6.45, 7) is 2.36. The third-order valence-electron chi connectivity index (χ3n) is 6.33. The monoisotopic (exact) mass is 460 g/mol. The number of ether oxygens (including phenoxy) is 2. The molecule has 0 amide bonds. The maximum absolute atomic E-state index is 10.8. The molecule has 2 heterocycles. The fourth-order valence-corrected chi connectivity index (χ4v) is 4.17. The van der Waals surface area contributed by atoms with E-state index in [-0.39, 0.29) is 6.10 Å². The molecule has 1 aliphatic carbocycles. The first-order valence-electron chi connectivity index (χ1n) is 11.5. The van der Waals surface area contributed by atoms with Crippen LogP contribution in [-0.4, -0.2) is 55.9 Å². The highest BCUT2D eigenvalue weighted by Crippen LogP contribution is 2.45. The van der Waals surface area contributed by atoms with E-state index in [2.05, 4.69) is 16.8 Å². The zero-order valence-corrected chi connectivity index (χ0v) is 19.0. The van der Waals surface area contributed by atoms with Crippen LogP contribution < -0.4 is 4.74 Å². The second kappa shape index (κ2) is 9.24. The molecule has 176 valence electrons. The molecular weight excluding hydrogens is 432 g/mol. The lowest BCUT2D eigenvalue weighted by Gasteiger charge is -2.21. The fraction of sp³-hybridized carbons (Fsp3) is 0.370. The molecule has 1 aromatic heterocycles. The topological polar surface area (TPSA) is 97.0 Å². The molecule has 3 N–H and O–H groups in total. The summed E-state index contributed by atoms with van der Waals surface area (Å²) in [6, 6.07) is 15.2. The number of hydrogen-bond acceptors (Lipinski definition) is 6. The number of imidazole rings is 1. The van der Waals surface area contributed by atoms with Crippen molar-refractivity contribution in [2.75, 3.05) is 13.2 Å². The normalized spacial score (nSPS) is 22.5. The lowest BCUT2D eigenvalue weighted by molar-refractivity contribution is 0.0733. The number of benzene rings is 2. The van der Waals surface area contributed by atoms with Gasteiger partial charge in [0.15, 0.2) is 0 Å². The van der Waals surface area contributed by atoms with Gasteiger partial charge in [0.2, 0.25) is 0 Å². The largest absolute Gasteiger partial charge is 0.485 e. The number of rotatable bonds is 6. The van der Waals surface area contributed by atoms with Crippen molar-refractivity contribution in [3.05, 3.63) is 72.3 Å². The Morgan fingerprint density at radius 2 is 1.76 bits per heavy atom. The van der Waals surface area contributed by atoms with Crippen molar-refractivity contribution in [1.29, 1.82) is 0 Å². The summed E-state index contributed by atoms with van der Waals surface area (Å²) in [5.74, 6) is 7.58. The van der Waals surface area contributed by atoms with E-state index < -0.39 is 23.9 Å². The van der Waals surface area contributed by atoms with Crippen molar-refractivity contribution in [1.82, 2.24) is 9.55 Å². The standard InChI is InChI=1S/C27H28N2O5/c1-18(30)26-28-14-15-29(26)25(27(32)12-13-27)11-4-19-2-5-20(6-3-19)21-7-9-22(10-8-21)34-24-17-33-16-23(24)31/h2-3,5-10,14-15,18,23-25,30-32H,12-13,16-17H2,1H3/t18-,23+,24?,25?/m0/s1. The predicted molar refractivity (Wildman–Crippen MR) is 126 cm³/mol. The van der Waals surface area contributed by atoms with E-state index in [9.17, 15) is 15.3 Å². The van der Waals surface area contributed by atoms with Gasteiger partial charge in [-0.15, -0.1) is 0 Å². The molecule has 0 radical (unpaired) electrons. The summed E-state index contributed by atoms with van der Waals surface area (Å²) in [5.41, 5.74) is 2.04. The highest BCUT2D eigenvalue weighted by atomic mass is 16.6. The summed E-state index contributed by atoms with van der Waals surface area (Å²) in [5, 5.41) is 30.7. The molecule has 0 bridgehead atoms. The summed E-state index contributed by atoms with van der Waals surface area (Å²) >= 11 is 0. The third-order valence-corrected chi connectivity index (χ3v) is 6.33. The molecule has 7 nitrogen and oxygen atoms in total. The van der Waals surface area contributed by atoms with Crippen molar-refractivity contribution in [3.8, 4) is 28.7 Å². The van der Waals surface area contributed by atoms with Crippen LogP contribution in [0.2, 0.25) is 0 Å². The smallest absolute Gasteiger partial charge is 0.150 e. The highest BCUT2D eigenvalue weighted by Gasteiger charge is 2.49. The van der Waals surface area contributed by atoms with Crippen LogP contribution in [0, 0.1) is 11.8 Å². The lowest BCUT2D eigenvalue weighted by atomic mass is 10.0. The molecule has 4 atom stereocenters. The van der Waals surface area contributed by atoms with E-state index in [1.54, 1.807) is 23.9 Å². The second-order valence-corrected chi connectivity index (χ2v) is 9.01. The number of nitrogens with zero attached hydrogens (tertiary/aromatic N) is 2. The van der Waals surface area contributed by atoms with Crippen LogP contribution in [0.4, 0.5) is 0 Å². The summed E-state index contributed by atoms with van der Waals surface area (Å²) < 4.78 is 12.8. The molecule has 5 rings (SSSR count). The molecule has 1 saturated heterocycles. The molecule has 1 aliphatic heterocycles. The highest BCUT2D eigenvalue weighted by molar-refractivity contribution is 5.65. The number of aliphatic hydroxyl groups is 3. The molecule has 2 unspecified atom stereocenters. The Kier molecular flexibility index (Phi) is 6.15. The van der Waals surface area contributed by atoms with Gasteiger partial charge < -0.3 is 29.4 Å². The third kappa shape index (κ3) is 4.72. The number of hydrogen-bond donors (Lipinski definition) is 3. The molecule has 2 aromatic carbocycles. The first kappa shape index (κ1) is 22.6. The van der Waals surface area contributed by atoms with Crippen LogP contribution in [0.3, 0.4) is 0 Å². The SMILES string of the molecule is C[C@H](O)c1nccn1C(C#Cc1ccc(-c2ccc(OC3COC[C@H]3O)cc2)cc1)C1(O)CC1. The predicted octanol–water partition coefficient (Wildman–Crippen LogP) is 2.86. The Labute approximate surface area is 198 Å². The van der Waals surface area contributed by atoms with Gasteiger partial charge in [-0.05, 0) is 55.2 Å². The Morgan fingerprint density at radius 1 is 1.09 bits per heavy atom. The molecular formula is C27H28N2O5. The van der Waals surface area contributed by atoms with E-state index in [1.807, 2.05) is 48.5 Å². The number of aromatic nitrogens is 2. The van der Waals surface area contributed by atoms with E-state index in [4.69, 9.17) is 9.47 Å². The van der Waals surface area contributed by atoms with Crippen molar-refractivity contribution < 1.29 is 24.8 Å². The van der Waals surface area contributed by atoms with Crippen LogP contribution in [-0.2, 0) is 4.74 Å². The molecule has 0 spiro atoms. The van der Waals surface area contributed by atoms with Gasteiger partial charge in [-0.25, -0.2) is 4.98 Å². The Balaban J connectivity index is 1.30. The molecule has 1 saturated carbocycles. The van der Waals surface area contributed by atoms with Crippen LogP contribution in [0.25, 0.3) is 11.1 Å². The minimum atomic E-state index is -0.887. The van der Waals surface area contributed by atoms with E-state index >= 15 is 0 Å². The van der Waals surface area contributed by atoms with Crippen molar-refractivity contribution in [3.63, 3.8) is 0 Å². The molecule has 7 heteroatoms. The van der Waals surface area contributed by atoms with Gasteiger partial charge >= 0.3 is 0 Å². The van der Waals surface area contributed by atoms with Gasteiger partial charge in [-0.2, -0.15) is 0 Å². The summed E-state index contributed by atoms with van der Waals surface area (Å²) in [7, 11) is 0. The Morgan fingerprint density at radius 3 is 2.35 bits per heavy atom. The van der Waals surface area contributed by atoms with Crippen molar-refractivity contribution in [2.45, 2.75) is 49.7 Å². The minimum Gasteiger partial charge on any atom is -0.485 e. The molecule has 3 aromatic rings. The number of aliphatic hydroxyl groups excluding tert-OH is 2. The lowest BCUT2D eigenvalue weighted by Crippen LogP contribution is -2.29. The van der Waals surface area contributed by atoms with Gasteiger partial charge in [0.25, 0.3) is 0 Å². The van der Waals surface area contributed by atoms with Gasteiger partial charge in [0, 0.05) is 18.0 Å². The van der Waals surface area contributed by atoms with E-state index in [0.717, 1.165) is 16.7 Å². The van der Waals surface area contributed by atoms with E-state index in [1.165, 1.54) is 0 Å². The van der Waals surface area contributed by atoms with Gasteiger partial charge in [0.1, 0.15) is 35.9 Å². The Hall–Kier alpha value is -3.15. The van der Waals surface area contributed by atoms with Gasteiger partial charge in [-0.3, -0.25) is 0 Å². The first-order chi connectivity index (χ1) is 16.4. The zero-order chi connectivity index (χ0) is 23.7. The van der Waals surface area contributed by atoms with Crippen LogP contribution in [0.1, 0.15) is 43.3 Å². The van der Waals surface area contributed by atoms with Crippen LogP contribution in [0.15, 0.2) is 60.9 Å². The van der Waals surface area contributed by atoms with Gasteiger partial charge in [0.05, 0.1) is 18.8 Å². The first-order valence-corrected chi connectivity index (χ1v) is 11.5. The average molecular weight is 461 g/mol.